The Morgan fingerprint density at radius 3 is 2.38 bits per heavy atom. The van der Waals surface area contributed by atoms with Crippen LogP contribution in [-0.2, 0) is 6.54 Å². The first kappa shape index (κ1) is 16.3. The lowest BCUT2D eigenvalue weighted by molar-refractivity contribution is 0.0234. The van der Waals surface area contributed by atoms with Crippen LogP contribution in [0.5, 0.6) is 0 Å². The molecule has 5 nitrogen and oxygen atoms in total. The third-order valence-electron chi connectivity index (χ3n) is 6.01. The molecule has 6 heteroatoms. The monoisotopic (exact) mass is 355 g/mol. The Bertz CT molecular complexity index is 740. The molecule has 0 N–H and O–H groups in total. The minimum atomic E-state index is -0.163. The topological polar surface area (TPSA) is 27.5 Å². The summed E-state index contributed by atoms with van der Waals surface area (Å²) in [5.74, 6) is 1.07. The summed E-state index contributed by atoms with van der Waals surface area (Å²) < 4.78 is 15.5. The second-order valence-corrected chi connectivity index (χ2v) is 7.83. The van der Waals surface area contributed by atoms with Gasteiger partial charge in [0.2, 0.25) is 0 Å². The Morgan fingerprint density at radius 2 is 1.69 bits per heavy atom. The van der Waals surface area contributed by atoms with Crippen molar-refractivity contribution < 1.29 is 4.39 Å². The molecule has 0 amide bonds. The molecule has 3 fully saturated rings. The number of rotatable bonds is 5. The number of hydrogen-bond acceptors (Lipinski definition) is 4. The zero-order valence-corrected chi connectivity index (χ0v) is 15.1. The predicted octanol–water partition coefficient (Wildman–Crippen LogP) is 2.36. The summed E-state index contributed by atoms with van der Waals surface area (Å²) in [6.07, 6.45) is 6.70. The average molecular weight is 355 g/mol. The zero-order chi connectivity index (χ0) is 17.5. The van der Waals surface area contributed by atoms with Gasteiger partial charge in [0.15, 0.2) is 0 Å². The molecular formula is C20H26FN5. The van der Waals surface area contributed by atoms with Crippen LogP contribution in [0.15, 0.2) is 36.7 Å². The molecule has 1 aliphatic carbocycles. The van der Waals surface area contributed by atoms with Crippen molar-refractivity contribution in [3.63, 3.8) is 0 Å². The van der Waals surface area contributed by atoms with Gasteiger partial charge in [0.1, 0.15) is 11.6 Å². The normalized spacial score (nSPS) is 22.6. The van der Waals surface area contributed by atoms with Gasteiger partial charge >= 0.3 is 0 Å². The van der Waals surface area contributed by atoms with E-state index in [1.54, 1.807) is 12.1 Å². The molecule has 0 atom stereocenters. The SMILES string of the molecule is Fc1ccc(N2CCN(C3CN(Cc4nccn4C4CC4)C3)CC2)cc1. The zero-order valence-electron chi connectivity index (χ0n) is 15.1. The van der Waals surface area contributed by atoms with E-state index >= 15 is 0 Å². The largest absolute Gasteiger partial charge is 0.369 e. The van der Waals surface area contributed by atoms with Gasteiger partial charge in [0, 0.05) is 69.4 Å². The molecule has 1 aromatic carbocycles. The molecule has 1 aromatic heterocycles. The minimum absolute atomic E-state index is 0.163. The summed E-state index contributed by atoms with van der Waals surface area (Å²) in [6, 6.07) is 8.27. The van der Waals surface area contributed by atoms with Crippen LogP contribution >= 0.6 is 0 Å². The van der Waals surface area contributed by atoms with E-state index < -0.39 is 0 Å². The molecule has 0 unspecified atom stereocenters. The number of likely N-dealkylation sites (tertiary alicyclic amines) is 1. The lowest BCUT2D eigenvalue weighted by Crippen LogP contribution is -2.62. The van der Waals surface area contributed by atoms with Crippen molar-refractivity contribution in [3.05, 3.63) is 48.3 Å². The van der Waals surface area contributed by atoms with Crippen LogP contribution in [0.4, 0.5) is 10.1 Å². The first-order chi connectivity index (χ1) is 12.8. The smallest absolute Gasteiger partial charge is 0.123 e. The van der Waals surface area contributed by atoms with E-state index in [9.17, 15) is 4.39 Å². The van der Waals surface area contributed by atoms with Crippen molar-refractivity contribution in [2.75, 3.05) is 44.2 Å². The van der Waals surface area contributed by atoms with E-state index in [0.717, 1.165) is 51.5 Å². The summed E-state index contributed by atoms with van der Waals surface area (Å²) in [4.78, 5) is 12.0. The number of imidazole rings is 1. The molecule has 0 radical (unpaired) electrons. The van der Waals surface area contributed by atoms with Gasteiger partial charge in [-0.15, -0.1) is 0 Å². The highest BCUT2D eigenvalue weighted by molar-refractivity contribution is 5.46. The van der Waals surface area contributed by atoms with Gasteiger partial charge in [-0.25, -0.2) is 9.37 Å². The molecule has 138 valence electrons. The molecule has 3 aliphatic rings. The number of anilines is 1. The third kappa shape index (κ3) is 3.23. The molecule has 0 bridgehead atoms. The first-order valence-corrected chi connectivity index (χ1v) is 9.75. The summed E-state index contributed by atoms with van der Waals surface area (Å²) in [5.41, 5.74) is 1.13. The second-order valence-electron chi connectivity index (χ2n) is 7.83. The lowest BCUT2D eigenvalue weighted by atomic mass is 10.1. The molecule has 3 heterocycles. The Kier molecular flexibility index (Phi) is 4.17. The molecule has 26 heavy (non-hydrogen) atoms. The standard InChI is InChI=1S/C20H26FN5/c21-16-1-3-17(4-2-16)24-9-11-25(12-10-24)19-13-23(14-19)15-20-22-7-8-26(20)18-5-6-18/h1-4,7-8,18-19H,5-6,9-15H2. The third-order valence-corrected chi connectivity index (χ3v) is 6.01. The molecular weight excluding hydrogens is 329 g/mol. The highest BCUT2D eigenvalue weighted by Crippen LogP contribution is 2.36. The molecule has 1 saturated carbocycles. The van der Waals surface area contributed by atoms with E-state index in [1.807, 2.05) is 18.3 Å². The van der Waals surface area contributed by atoms with Gasteiger partial charge in [0.25, 0.3) is 0 Å². The predicted molar refractivity (Wildman–Crippen MR) is 99.7 cm³/mol. The fourth-order valence-corrected chi connectivity index (χ4v) is 4.25. The summed E-state index contributed by atoms with van der Waals surface area (Å²) in [7, 11) is 0. The number of piperazine rings is 1. The van der Waals surface area contributed by atoms with Crippen LogP contribution in [-0.4, -0.2) is 64.7 Å². The van der Waals surface area contributed by atoms with Crippen LogP contribution in [0.2, 0.25) is 0 Å². The maximum Gasteiger partial charge on any atom is 0.123 e. The lowest BCUT2D eigenvalue weighted by Gasteiger charge is -2.48. The number of aromatic nitrogens is 2. The van der Waals surface area contributed by atoms with Crippen molar-refractivity contribution in [2.24, 2.45) is 0 Å². The highest BCUT2D eigenvalue weighted by Gasteiger charge is 2.34. The van der Waals surface area contributed by atoms with Crippen LogP contribution in [0, 0.1) is 5.82 Å². The van der Waals surface area contributed by atoms with Crippen LogP contribution < -0.4 is 4.90 Å². The molecule has 2 aliphatic heterocycles. The highest BCUT2D eigenvalue weighted by atomic mass is 19.1. The number of halogens is 1. The van der Waals surface area contributed by atoms with Gasteiger partial charge in [-0.3, -0.25) is 9.80 Å². The maximum atomic E-state index is 13.1. The van der Waals surface area contributed by atoms with E-state index in [-0.39, 0.29) is 5.82 Å². The number of benzene rings is 1. The van der Waals surface area contributed by atoms with Gasteiger partial charge in [-0.1, -0.05) is 0 Å². The van der Waals surface area contributed by atoms with E-state index in [4.69, 9.17) is 0 Å². The van der Waals surface area contributed by atoms with E-state index in [0.29, 0.717) is 12.1 Å². The number of hydrogen-bond donors (Lipinski definition) is 0. The van der Waals surface area contributed by atoms with Gasteiger partial charge in [0.05, 0.1) is 6.54 Å². The van der Waals surface area contributed by atoms with Crippen LogP contribution in [0.1, 0.15) is 24.7 Å². The van der Waals surface area contributed by atoms with Crippen molar-refractivity contribution in [1.29, 1.82) is 0 Å². The van der Waals surface area contributed by atoms with E-state index in [1.165, 1.54) is 18.7 Å². The Hall–Kier alpha value is -1.92. The summed E-state index contributed by atoms with van der Waals surface area (Å²) in [6.45, 7) is 7.50. The van der Waals surface area contributed by atoms with Crippen molar-refractivity contribution in [1.82, 2.24) is 19.4 Å². The maximum absolute atomic E-state index is 13.1. The van der Waals surface area contributed by atoms with E-state index in [2.05, 4.69) is 30.4 Å². The Labute approximate surface area is 154 Å². The van der Waals surface area contributed by atoms with Crippen LogP contribution in [0.25, 0.3) is 0 Å². The van der Waals surface area contributed by atoms with Gasteiger partial charge < -0.3 is 9.47 Å². The quantitative estimate of drug-likeness (QED) is 0.823. The average Bonchev–Trinajstić information content (AvgIpc) is 3.37. The van der Waals surface area contributed by atoms with Crippen molar-refractivity contribution in [3.8, 4) is 0 Å². The van der Waals surface area contributed by atoms with Gasteiger partial charge in [-0.05, 0) is 37.1 Å². The summed E-state index contributed by atoms with van der Waals surface area (Å²) in [5, 5.41) is 0. The fraction of sp³-hybridized carbons (Fsp3) is 0.550. The van der Waals surface area contributed by atoms with Gasteiger partial charge in [-0.2, -0.15) is 0 Å². The molecule has 2 saturated heterocycles. The molecule has 5 rings (SSSR count). The Balaban J connectivity index is 1.10. The van der Waals surface area contributed by atoms with Crippen molar-refractivity contribution in [2.45, 2.75) is 31.5 Å². The minimum Gasteiger partial charge on any atom is -0.369 e. The molecule has 0 spiro atoms. The molecule has 2 aromatic rings. The second kappa shape index (κ2) is 6.67. The first-order valence-electron chi connectivity index (χ1n) is 9.75. The fourth-order valence-electron chi connectivity index (χ4n) is 4.25. The van der Waals surface area contributed by atoms with Crippen LogP contribution in [0.3, 0.4) is 0 Å². The Morgan fingerprint density at radius 1 is 0.962 bits per heavy atom. The van der Waals surface area contributed by atoms with Crippen molar-refractivity contribution >= 4 is 5.69 Å². The summed E-state index contributed by atoms with van der Waals surface area (Å²) >= 11 is 0. The number of nitrogens with zero attached hydrogens (tertiary/aromatic N) is 5.